The van der Waals surface area contributed by atoms with Crippen LogP contribution in [0.3, 0.4) is 0 Å². The number of aromatic nitrogens is 3. The third-order valence-electron chi connectivity index (χ3n) is 3.80. The summed E-state index contributed by atoms with van der Waals surface area (Å²) in [6.07, 6.45) is 1.54. The van der Waals surface area contributed by atoms with E-state index in [1.165, 1.54) is 17.8 Å². The molecule has 0 fully saturated rings. The van der Waals surface area contributed by atoms with E-state index >= 15 is 0 Å². The zero-order chi connectivity index (χ0) is 20.4. The number of carbonyl (C=O) groups is 2. The molecule has 0 unspecified atom stereocenters. The van der Waals surface area contributed by atoms with Crippen molar-refractivity contribution in [2.75, 3.05) is 12.4 Å². The Morgan fingerprint density at radius 1 is 1.14 bits per heavy atom. The van der Waals surface area contributed by atoms with E-state index in [4.69, 9.17) is 23.2 Å². The van der Waals surface area contributed by atoms with E-state index in [1.807, 2.05) is 0 Å². The minimum absolute atomic E-state index is 0.159. The number of rotatable bonds is 4. The van der Waals surface area contributed by atoms with Crippen LogP contribution in [0, 0.1) is 6.92 Å². The second-order valence-corrected chi connectivity index (χ2v) is 7.40. The molecule has 144 valence electrons. The number of aryl methyl sites for hydroxylation is 1. The molecule has 7 nitrogen and oxygen atoms in total. The summed E-state index contributed by atoms with van der Waals surface area (Å²) in [6, 6.07) is 8.13. The fourth-order valence-electron chi connectivity index (χ4n) is 2.57. The van der Waals surface area contributed by atoms with Crippen LogP contribution in [-0.4, -0.2) is 33.6 Å². The van der Waals surface area contributed by atoms with Crippen LogP contribution < -0.4 is 10.6 Å². The first-order chi connectivity index (χ1) is 13.3. The van der Waals surface area contributed by atoms with Gasteiger partial charge in [0, 0.05) is 19.3 Å². The third kappa shape index (κ3) is 4.04. The summed E-state index contributed by atoms with van der Waals surface area (Å²) < 4.78 is 1.73. The maximum Gasteiger partial charge on any atom is 0.274 e. The highest BCUT2D eigenvalue weighted by molar-refractivity contribution is 9.10. The Bertz CT molecular complexity index is 1080. The Morgan fingerprint density at radius 2 is 1.89 bits per heavy atom. The molecule has 2 N–H and O–H groups in total. The van der Waals surface area contributed by atoms with Gasteiger partial charge < -0.3 is 10.6 Å². The highest BCUT2D eigenvalue weighted by Crippen LogP contribution is 2.29. The number of benzene rings is 1. The number of carbonyl (C=O) groups excluding carboxylic acids is 2. The fourth-order valence-corrected chi connectivity index (χ4v) is 3.47. The third-order valence-corrected chi connectivity index (χ3v) is 4.78. The van der Waals surface area contributed by atoms with Gasteiger partial charge in [-0.15, -0.1) is 0 Å². The van der Waals surface area contributed by atoms with Crippen molar-refractivity contribution < 1.29 is 9.59 Å². The van der Waals surface area contributed by atoms with E-state index in [1.54, 1.807) is 37.4 Å². The summed E-state index contributed by atoms with van der Waals surface area (Å²) >= 11 is 15.7. The van der Waals surface area contributed by atoms with Gasteiger partial charge in [-0.25, -0.2) is 9.67 Å². The number of nitrogens with one attached hydrogen (secondary N) is 2. The molecule has 0 radical (unpaired) electrons. The number of nitrogens with zero attached hydrogens (tertiary/aromatic N) is 3. The lowest BCUT2D eigenvalue weighted by Gasteiger charge is -2.14. The molecule has 0 saturated heterocycles. The summed E-state index contributed by atoms with van der Waals surface area (Å²) in [4.78, 5) is 29.4. The predicted octanol–water partition coefficient (Wildman–Crippen LogP) is 4.26. The molecule has 0 saturated carbocycles. The van der Waals surface area contributed by atoms with Crippen LogP contribution in [0.1, 0.15) is 26.4 Å². The zero-order valence-electron chi connectivity index (χ0n) is 14.8. The van der Waals surface area contributed by atoms with E-state index in [0.717, 1.165) is 5.56 Å². The zero-order valence-corrected chi connectivity index (χ0v) is 17.9. The van der Waals surface area contributed by atoms with Crippen molar-refractivity contribution in [3.8, 4) is 5.82 Å². The van der Waals surface area contributed by atoms with Gasteiger partial charge in [-0.05, 0) is 52.7 Å². The summed E-state index contributed by atoms with van der Waals surface area (Å²) in [5.74, 6) is -0.610. The second-order valence-electron chi connectivity index (χ2n) is 5.78. The summed E-state index contributed by atoms with van der Waals surface area (Å²) in [5.41, 5.74) is 1.40. The number of hydrogen-bond acceptors (Lipinski definition) is 4. The Labute approximate surface area is 179 Å². The lowest BCUT2D eigenvalue weighted by atomic mass is 10.1. The summed E-state index contributed by atoms with van der Waals surface area (Å²) in [5, 5.41) is 10.0. The van der Waals surface area contributed by atoms with Crippen molar-refractivity contribution in [1.29, 1.82) is 0 Å². The van der Waals surface area contributed by atoms with Gasteiger partial charge in [-0.1, -0.05) is 23.2 Å². The largest absolute Gasteiger partial charge is 0.355 e. The maximum absolute atomic E-state index is 13.0. The van der Waals surface area contributed by atoms with Crippen molar-refractivity contribution in [3.63, 3.8) is 0 Å². The predicted molar refractivity (Wildman–Crippen MR) is 112 cm³/mol. The standard InChI is InChI=1S/C18H14BrCl2N5O2/c1-9-6-10(17(27)22-2)15(12(21)7-9)24-18(28)13-8-14(19)25-26(13)16-11(20)4-3-5-23-16/h3-8H,1-2H3,(H,22,27)(H,24,28). The molecule has 0 atom stereocenters. The number of amides is 2. The monoisotopic (exact) mass is 481 g/mol. The smallest absolute Gasteiger partial charge is 0.274 e. The Kier molecular flexibility index (Phi) is 6.02. The molecule has 0 aliphatic rings. The number of halogens is 3. The van der Waals surface area contributed by atoms with Gasteiger partial charge in [-0.2, -0.15) is 5.10 Å². The van der Waals surface area contributed by atoms with Gasteiger partial charge in [0.2, 0.25) is 0 Å². The Morgan fingerprint density at radius 3 is 2.57 bits per heavy atom. The lowest BCUT2D eigenvalue weighted by molar-refractivity contribution is 0.0964. The topological polar surface area (TPSA) is 88.9 Å². The van der Waals surface area contributed by atoms with Crippen molar-refractivity contribution in [2.45, 2.75) is 6.92 Å². The molecule has 3 rings (SSSR count). The molecule has 3 aromatic rings. The van der Waals surface area contributed by atoms with E-state index in [0.29, 0.717) is 15.4 Å². The highest BCUT2D eigenvalue weighted by atomic mass is 79.9. The first kappa shape index (κ1) is 20.3. The summed E-state index contributed by atoms with van der Waals surface area (Å²) in [6.45, 7) is 1.80. The van der Waals surface area contributed by atoms with Crippen LogP contribution in [0.25, 0.3) is 5.82 Å². The minimum Gasteiger partial charge on any atom is -0.355 e. The molecule has 0 spiro atoms. The molecular weight excluding hydrogens is 469 g/mol. The SMILES string of the molecule is CNC(=O)c1cc(C)cc(Cl)c1NC(=O)c1cc(Br)nn1-c1ncccc1Cl. The second kappa shape index (κ2) is 8.30. The van der Waals surface area contributed by atoms with E-state index in [-0.39, 0.29) is 27.9 Å². The van der Waals surface area contributed by atoms with E-state index in [9.17, 15) is 9.59 Å². The molecule has 28 heavy (non-hydrogen) atoms. The molecule has 2 aromatic heterocycles. The fraction of sp³-hybridized carbons (Fsp3) is 0.111. The molecule has 0 aliphatic carbocycles. The van der Waals surface area contributed by atoms with Crippen LogP contribution in [-0.2, 0) is 0 Å². The van der Waals surface area contributed by atoms with Gasteiger partial charge >= 0.3 is 0 Å². The molecule has 2 heterocycles. The van der Waals surface area contributed by atoms with Gasteiger partial charge in [0.05, 0.1) is 21.3 Å². The lowest BCUT2D eigenvalue weighted by Crippen LogP contribution is -2.23. The highest BCUT2D eigenvalue weighted by Gasteiger charge is 2.22. The average molecular weight is 483 g/mol. The van der Waals surface area contributed by atoms with Crippen LogP contribution in [0.2, 0.25) is 10.0 Å². The van der Waals surface area contributed by atoms with Crippen molar-refractivity contribution in [3.05, 3.63) is 68.0 Å². The molecular formula is C18H14BrCl2N5O2. The normalized spacial score (nSPS) is 10.6. The minimum atomic E-state index is -0.532. The number of pyridine rings is 1. The van der Waals surface area contributed by atoms with Crippen LogP contribution in [0.5, 0.6) is 0 Å². The van der Waals surface area contributed by atoms with Crippen LogP contribution in [0.15, 0.2) is 41.1 Å². The maximum atomic E-state index is 13.0. The van der Waals surface area contributed by atoms with E-state index in [2.05, 4.69) is 36.6 Å². The Hall–Kier alpha value is -2.42. The van der Waals surface area contributed by atoms with Gasteiger partial charge in [-0.3, -0.25) is 9.59 Å². The number of hydrogen-bond donors (Lipinski definition) is 2. The first-order valence-electron chi connectivity index (χ1n) is 8.02. The van der Waals surface area contributed by atoms with Gasteiger partial charge in [0.1, 0.15) is 10.3 Å². The van der Waals surface area contributed by atoms with Crippen LogP contribution in [0.4, 0.5) is 5.69 Å². The van der Waals surface area contributed by atoms with Crippen molar-refractivity contribution >= 4 is 56.6 Å². The quantitative estimate of drug-likeness (QED) is 0.581. The summed E-state index contributed by atoms with van der Waals surface area (Å²) in [7, 11) is 1.50. The van der Waals surface area contributed by atoms with E-state index < -0.39 is 5.91 Å². The van der Waals surface area contributed by atoms with Crippen molar-refractivity contribution in [2.24, 2.45) is 0 Å². The Balaban J connectivity index is 2.05. The molecule has 0 aliphatic heterocycles. The molecule has 1 aromatic carbocycles. The van der Waals surface area contributed by atoms with Crippen molar-refractivity contribution in [1.82, 2.24) is 20.1 Å². The van der Waals surface area contributed by atoms with Gasteiger partial charge in [0.25, 0.3) is 11.8 Å². The molecule has 0 bridgehead atoms. The van der Waals surface area contributed by atoms with Gasteiger partial charge in [0.15, 0.2) is 5.82 Å². The first-order valence-corrected chi connectivity index (χ1v) is 9.56. The molecule has 2 amide bonds. The van der Waals surface area contributed by atoms with Crippen LogP contribution >= 0.6 is 39.1 Å². The molecule has 10 heteroatoms. The number of anilines is 1. The average Bonchev–Trinajstić information content (AvgIpc) is 3.05.